The second-order valence-electron chi connectivity index (χ2n) is 6.04. The van der Waals surface area contributed by atoms with Crippen molar-refractivity contribution in [3.63, 3.8) is 0 Å². The molecule has 1 aromatic rings. The Balaban J connectivity index is 2.13. The van der Waals surface area contributed by atoms with Crippen LogP contribution in [0.5, 0.6) is 0 Å². The van der Waals surface area contributed by atoms with Crippen molar-refractivity contribution in [1.29, 1.82) is 0 Å². The van der Waals surface area contributed by atoms with Gasteiger partial charge < -0.3 is 10.3 Å². The predicted molar refractivity (Wildman–Crippen MR) is 84.4 cm³/mol. The van der Waals surface area contributed by atoms with Gasteiger partial charge in [0.25, 0.3) is 0 Å². The molecule has 120 valence electrons. The van der Waals surface area contributed by atoms with Gasteiger partial charge in [0.1, 0.15) is 0 Å². The fraction of sp³-hybridized carbons (Fsp3) is 0.733. The molecule has 0 spiro atoms. The van der Waals surface area contributed by atoms with Crippen LogP contribution in [-0.4, -0.2) is 19.5 Å². The minimum absolute atomic E-state index is 0.150. The molecule has 0 radical (unpaired) electrons. The molecule has 0 amide bonds. The van der Waals surface area contributed by atoms with E-state index >= 15 is 0 Å². The first kappa shape index (κ1) is 16.5. The molecule has 0 saturated heterocycles. The Morgan fingerprint density at radius 1 is 1.33 bits per heavy atom. The predicted octanol–water partition coefficient (Wildman–Crippen LogP) is 2.22. The molecule has 6 heteroatoms. The zero-order chi connectivity index (χ0) is 15.5. The van der Waals surface area contributed by atoms with Crippen molar-refractivity contribution in [2.24, 2.45) is 11.1 Å². The number of rotatable bonds is 7. The summed E-state index contributed by atoms with van der Waals surface area (Å²) in [6.07, 6.45) is 7.36. The van der Waals surface area contributed by atoms with Crippen LogP contribution in [0.4, 0.5) is 0 Å². The Morgan fingerprint density at radius 2 is 2.00 bits per heavy atom. The highest BCUT2D eigenvalue weighted by atomic mass is 32.2. The maximum atomic E-state index is 12.5. The van der Waals surface area contributed by atoms with Gasteiger partial charge >= 0.3 is 0 Å². The molecule has 1 aromatic heterocycles. The topological polar surface area (TPSA) is 77.1 Å². The normalized spacial score (nSPS) is 18.2. The first-order chi connectivity index (χ1) is 9.96. The standard InChI is InChI=1S/C15H27N3O2S/c1-3-15(7-5-6-8-15)12-17-21(19,20)14-9-13(10-16)18(4-2)11-14/h9,11,17H,3-8,10,12,16H2,1-2H3. The lowest BCUT2D eigenvalue weighted by molar-refractivity contribution is 0.285. The average molecular weight is 313 g/mol. The quantitative estimate of drug-likeness (QED) is 0.810. The molecule has 2 rings (SSSR count). The number of nitrogens with one attached hydrogen (secondary N) is 1. The van der Waals surface area contributed by atoms with E-state index in [2.05, 4.69) is 11.6 Å². The summed E-state index contributed by atoms with van der Waals surface area (Å²) in [5.41, 5.74) is 6.66. The van der Waals surface area contributed by atoms with Crippen molar-refractivity contribution in [2.45, 2.75) is 63.9 Å². The highest BCUT2D eigenvalue weighted by molar-refractivity contribution is 7.89. The van der Waals surface area contributed by atoms with E-state index in [9.17, 15) is 8.42 Å². The minimum atomic E-state index is -3.44. The van der Waals surface area contributed by atoms with Gasteiger partial charge in [-0.15, -0.1) is 0 Å². The molecular weight excluding hydrogens is 286 g/mol. The van der Waals surface area contributed by atoms with E-state index in [1.165, 1.54) is 12.8 Å². The smallest absolute Gasteiger partial charge is 0.242 e. The second-order valence-corrected chi connectivity index (χ2v) is 7.81. The largest absolute Gasteiger partial charge is 0.349 e. The van der Waals surface area contributed by atoms with Crippen molar-refractivity contribution < 1.29 is 8.42 Å². The molecule has 5 nitrogen and oxygen atoms in total. The van der Waals surface area contributed by atoms with E-state index in [0.717, 1.165) is 31.5 Å². The number of nitrogens with two attached hydrogens (primary N) is 1. The third kappa shape index (κ3) is 3.49. The molecule has 1 saturated carbocycles. The Hall–Kier alpha value is -0.850. The summed E-state index contributed by atoms with van der Waals surface area (Å²) in [7, 11) is -3.44. The Kier molecular flexibility index (Phi) is 5.11. The summed E-state index contributed by atoms with van der Waals surface area (Å²) < 4.78 is 29.7. The van der Waals surface area contributed by atoms with E-state index in [1.807, 2.05) is 11.5 Å². The summed E-state index contributed by atoms with van der Waals surface area (Å²) in [5.74, 6) is 0. The number of sulfonamides is 1. The van der Waals surface area contributed by atoms with Crippen molar-refractivity contribution in [1.82, 2.24) is 9.29 Å². The van der Waals surface area contributed by atoms with Gasteiger partial charge in [0, 0.05) is 31.5 Å². The Morgan fingerprint density at radius 3 is 2.48 bits per heavy atom. The lowest BCUT2D eigenvalue weighted by Gasteiger charge is -2.27. The summed E-state index contributed by atoms with van der Waals surface area (Å²) in [5, 5.41) is 0. The van der Waals surface area contributed by atoms with E-state index in [4.69, 9.17) is 5.73 Å². The molecule has 1 aliphatic rings. The molecule has 1 heterocycles. The van der Waals surface area contributed by atoms with Crippen LogP contribution in [0.1, 0.15) is 51.6 Å². The molecule has 1 fully saturated rings. The Bertz CT molecular complexity index is 550. The van der Waals surface area contributed by atoms with Gasteiger partial charge in [0.2, 0.25) is 10.0 Å². The average Bonchev–Trinajstić information content (AvgIpc) is 3.12. The minimum Gasteiger partial charge on any atom is -0.349 e. The fourth-order valence-corrected chi connectivity index (χ4v) is 4.47. The third-order valence-corrected chi connectivity index (χ3v) is 6.24. The summed E-state index contributed by atoms with van der Waals surface area (Å²) in [4.78, 5) is 0.328. The number of hydrogen-bond acceptors (Lipinski definition) is 3. The van der Waals surface area contributed by atoms with E-state index in [1.54, 1.807) is 12.3 Å². The van der Waals surface area contributed by atoms with E-state index in [-0.39, 0.29) is 5.41 Å². The summed E-state index contributed by atoms with van der Waals surface area (Å²) in [6, 6.07) is 1.68. The molecular formula is C15H27N3O2S. The molecule has 0 aliphatic heterocycles. The van der Waals surface area contributed by atoms with Gasteiger partial charge in [-0.2, -0.15) is 0 Å². The first-order valence-electron chi connectivity index (χ1n) is 7.85. The highest BCUT2D eigenvalue weighted by Crippen LogP contribution is 2.40. The number of aromatic nitrogens is 1. The van der Waals surface area contributed by atoms with E-state index in [0.29, 0.717) is 18.0 Å². The van der Waals surface area contributed by atoms with Gasteiger partial charge in [0.15, 0.2) is 0 Å². The maximum absolute atomic E-state index is 12.5. The van der Waals surface area contributed by atoms with Gasteiger partial charge in [-0.25, -0.2) is 13.1 Å². The van der Waals surface area contributed by atoms with Crippen LogP contribution in [-0.2, 0) is 23.1 Å². The lowest BCUT2D eigenvalue weighted by Crippen LogP contribution is -2.35. The van der Waals surface area contributed by atoms with E-state index < -0.39 is 10.0 Å². The van der Waals surface area contributed by atoms with Gasteiger partial charge in [0.05, 0.1) is 4.90 Å². The molecule has 21 heavy (non-hydrogen) atoms. The van der Waals surface area contributed by atoms with Gasteiger partial charge in [-0.1, -0.05) is 19.8 Å². The van der Waals surface area contributed by atoms with Crippen LogP contribution in [0.2, 0.25) is 0 Å². The first-order valence-corrected chi connectivity index (χ1v) is 9.33. The zero-order valence-corrected chi connectivity index (χ0v) is 13.9. The lowest BCUT2D eigenvalue weighted by atomic mass is 9.84. The SMILES string of the molecule is CCn1cc(S(=O)(=O)NCC2(CC)CCCC2)cc1CN. The fourth-order valence-electron chi connectivity index (χ4n) is 3.25. The van der Waals surface area contributed by atoms with Gasteiger partial charge in [-0.3, -0.25) is 0 Å². The zero-order valence-electron chi connectivity index (χ0n) is 13.1. The third-order valence-electron chi connectivity index (χ3n) is 4.87. The number of hydrogen-bond donors (Lipinski definition) is 2. The van der Waals surface area contributed by atoms with Crippen LogP contribution in [0.3, 0.4) is 0 Å². The Labute approximate surface area is 128 Å². The molecule has 0 bridgehead atoms. The second kappa shape index (κ2) is 6.50. The number of nitrogens with zero attached hydrogens (tertiary/aromatic N) is 1. The van der Waals surface area contributed by atoms with Crippen LogP contribution in [0.25, 0.3) is 0 Å². The molecule has 1 aliphatic carbocycles. The summed E-state index contributed by atoms with van der Waals surface area (Å²) >= 11 is 0. The maximum Gasteiger partial charge on any atom is 0.242 e. The van der Waals surface area contributed by atoms with Crippen molar-refractivity contribution in [3.8, 4) is 0 Å². The van der Waals surface area contributed by atoms with Crippen LogP contribution in [0, 0.1) is 5.41 Å². The summed E-state index contributed by atoms with van der Waals surface area (Å²) in [6.45, 7) is 5.75. The molecule has 0 atom stereocenters. The number of aryl methyl sites for hydroxylation is 1. The molecule has 0 aromatic carbocycles. The van der Waals surface area contributed by atoms with Crippen LogP contribution < -0.4 is 10.5 Å². The molecule has 0 unspecified atom stereocenters. The van der Waals surface area contributed by atoms with Crippen molar-refractivity contribution in [3.05, 3.63) is 18.0 Å². The van der Waals surface area contributed by atoms with Crippen LogP contribution >= 0.6 is 0 Å². The molecule has 3 N–H and O–H groups in total. The van der Waals surface area contributed by atoms with Gasteiger partial charge in [-0.05, 0) is 37.7 Å². The monoisotopic (exact) mass is 313 g/mol. The van der Waals surface area contributed by atoms with Crippen molar-refractivity contribution >= 4 is 10.0 Å². The van der Waals surface area contributed by atoms with Crippen molar-refractivity contribution in [2.75, 3.05) is 6.54 Å². The highest BCUT2D eigenvalue weighted by Gasteiger charge is 2.33. The van der Waals surface area contributed by atoms with Crippen LogP contribution in [0.15, 0.2) is 17.2 Å².